The molecule has 21 heavy (non-hydrogen) atoms. The van der Waals surface area contributed by atoms with Crippen LogP contribution in [0.25, 0.3) is 0 Å². The van der Waals surface area contributed by atoms with Gasteiger partial charge in [0.2, 0.25) is 11.8 Å². The van der Waals surface area contributed by atoms with Crippen molar-refractivity contribution in [3.8, 4) is 0 Å². The highest BCUT2D eigenvalue weighted by molar-refractivity contribution is 5.84. The molecule has 0 saturated heterocycles. The van der Waals surface area contributed by atoms with Gasteiger partial charge in [-0.15, -0.1) is 5.10 Å². The predicted octanol–water partition coefficient (Wildman–Crippen LogP) is -0.510. The normalized spacial score (nSPS) is 11.3. The van der Waals surface area contributed by atoms with E-state index >= 15 is 0 Å². The molecule has 0 unspecified atom stereocenters. The molecule has 1 rings (SSSR count). The van der Waals surface area contributed by atoms with Crippen molar-refractivity contribution in [2.24, 2.45) is 0 Å². The minimum absolute atomic E-state index is 0.00583. The maximum absolute atomic E-state index is 12.0. The van der Waals surface area contributed by atoms with Gasteiger partial charge in [0, 0.05) is 13.6 Å². The first kappa shape index (κ1) is 17.1. The number of hydrogen-bond donors (Lipinski definition) is 2. The first-order chi connectivity index (χ1) is 9.74. The van der Waals surface area contributed by atoms with Gasteiger partial charge in [0.15, 0.2) is 0 Å². The molecule has 0 aromatic carbocycles. The second kappa shape index (κ2) is 7.16. The van der Waals surface area contributed by atoms with Gasteiger partial charge in [-0.05, 0) is 20.3 Å². The average Bonchev–Trinajstić information content (AvgIpc) is 2.84. The summed E-state index contributed by atoms with van der Waals surface area (Å²) in [5.41, 5.74) is -0.716. The van der Waals surface area contributed by atoms with Crippen molar-refractivity contribution in [3.63, 3.8) is 0 Å². The molecule has 2 N–H and O–H groups in total. The Bertz CT molecular complexity index is 492. The van der Waals surface area contributed by atoms with Crippen molar-refractivity contribution < 1.29 is 14.7 Å². The number of likely N-dealkylation sites (N-methyl/N-ethyl adjacent to an activating group) is 1. The van der Waals surface area contributed by atoms with Gasteiger partial charge in [0.1, 0.15) is 17.8 Å². The lowest BCUT2D eigenvalue weighted by atomic mass is 10.1. The Morgan fingerprint density at radius 2 is 2.14 bits per heavy atom. The summed E-state index contributed by atoms with van der Waals surface area (Å²) < 4.78 is 1.34. The Labute approximate surface area is 124 Å². The Kier molecular flexibility index (Phi) is 5.83. The Hall–Kier alpha value is -1.96. The number of amides is 2. The first-order valence-corrected chi connectivity index (χ1v) is 6.87. The van der Waals surface area contributed by atoms with E-state index in [1.54, 1.807) is 20.9 Å². The fourth-order valence-electron chi connectivity index (χ4n) is 1.54. The van der Waals surface area contributed by atoms with Gasteiger partial charge in [-0.3, -0.25) is 9.59 Å². The van der Waals surface area contributed by atoms with Gasteiger partial charge in [0.05, 0.1) is 12.7 Å². The molecule has 0 radical (unpaired) electrons. The summed E-state index contributed by atoms with van der Waals surface area (Å²) in [4.78, 5) is 24.8. The van der Waals surface area contributed by atoms with E-state index in [0.29, 0.717) is 12.2 Å². The molecule has 0 spiro atoms. The molecule has 0 bridgehead atoms. The summed E-state index contributed by atoms with van der Waals surface area (Å²) in [6.07, 6.45) is 2.37. The summed E-state index contributed by atoms with van der Waals surface area (Å²) in [7, 11) is 1.56. The molecular weight excluding hydrogens is 274 g/mol. The van der Waals surface area contributed by atoms with E-state index in [9.17, 15) is 14.7 Å². The standard InChI is InChI=1S/C13H23N5O3/c1-5-6-14-11(19)8-17(4)12(20)9-18-7-10(15-16-18)13(2,3)21/h7,21H,5-6,8-9H2,1-4H3,(H,14,19). The maximum atomic E-state index is 12.0. The molecule has 0 fully saturated rings. The second-order valence-corrected chi connectivity index (χ2v) is 5.46. The maximum Gasteiger partial charge on any atom is 0.244 e. The number of hydrogen-bond acceptors (Lipinski definition) is 5. The number of carbonyl (C=O) groups is 2. The summed E-state index contributed by atoms with van der Waals surface area (Å²) in [6, 6.07) is 0. The molecule has 8 nitrogen and oxygen atoms in total. The van der Waals surface area contributed by atoms with Crippen molar-refractivity contribution in [3.05, 3.63) is 11.9 Å². The van der Waals surface area contributed by atoms with Crippen molar-refractivity contribution in [2.45, 2.75) is 39.3 Å². The molecule has 0 aliphatic carbocycles. The van der Waals surface area contributed by atoms with Crippen LogP contribution >= 0.6 is 0 Å². The molecule has 1 aromatic rings. The minimum atomic E-state index is -1.10. The van der Waals surface area contributed by atoms with Crippen LogP contribution in [0.4, 0.5) is 0 Å². The number of aliphatic hydroxyl groups is 1. The van der Waals surface area contributed by atoms with E-state index in [1.807, 2.05) is 6.92 Å². The molecule has 0 aliphatic rings. The Morgan fingerprint density at radius 1 is 1.48 bits per heavy atom. The predicted molar refractivity (Wildman–Crippen MR) is 76.2 cm³/mol. The van der Waals surface area contributed by atoms with E-state index in [4.69, 9.17) is 0 Å². The molecule has 0 aliphatic heterocycles. The van der Waals surface area contributed by atoms with E-state index in [2.05, 4.69) is 15.6 Å². The van der Waals surface area contributed by atoms with E-state index < -0.39 is 5.60 Å². The zero-order valence-electron chi connectivity index (χ0n) is 13.0. The molecule has 1 heterocycles. The lowest BCUT2D eigenvalue weighted by Crippen LogP contribution is -2.40. The van der Waals surface area contributed by atoms with Crippen LogP contribution in [0.2, 0.25) is 0 Å². The molecule has 2 amide bonds. The Balaban J connectivity index is 2.52. The lowest BCUT2D eigenvalue weighted by molar-refractivity contribution is -0.135. The SMILES string of the molecule is CCCNC(=O)CN(C)C(=O)Cn1cc(C(C)(C)O)nn1. The van der Waals surface area contributed by atoms with E-state index in [1.165, 1.54) is 15.8 Å². The smallest absolute Gasteiger partial charge is 0.244 e. The topological polar surface area (TPSA) is 100 Å². The van der Waals surface area contributed by atoms with Crippen LogP contribution in [0.5, 0.6) is 0 Å². The first-order valence-electron chi connectivity index (χ1n) is 6.87. The number of carbonyl (C=O) groups excluding carboxylic acids is 2. The molecule has 1 aromatic heterocycles. The monoisotopic (exact) mass is 297 g/mol. The molecule has 0 saturated carbocycles. The van der Waals surface area contributed by atoms with Crippen LogP contribution in [-0.2, 0) is 21.7 Å². The average molecular weight is 297 g/mol. The molecular formula is C13H23N5O3. The van der Waals surface area contributed by atoms with E-state index in [-0.39, 0.29) is 24.9 Å². The highest BCUT2D eigenvalue weighted by Crippen LogP contribution is 2.15. The van der Waals surface area contributed by atoms with Gasteiger partial charge in [0.25, 0.3) is 0 Å². The van der Waals surface area contributed by atoms with Gasteiger partial charge < -0.3 is 15.3 Å². The van der Waals surface area contributed by atoms with Crippen LogP contribution in [-0.4, -0.2) is 57.0 Å². The highest BCUT2D eigenvalue weighted by atomic mass is 16.3. The molecule has 8 heteroatoms. The number of rotatable bonds is 7. The van der Waals surface area contributed by atoms with Crippen molar-refractivity contribution in [1.29, 1.82) is 0 Å². The van der Waals surface area contributed by atoms with E-state index in [0.717, 1.165) is 6.42 Å². The lowest BCUT2D eigenvalue weighted by Gasteiger charge is -2.16. The van der Waals surface area contributed by atoms with Crippen LogP contribution in [0.15, 0.2) is 6.20 Å². The summed E-state index contributed by atoms with van der Waals surface area (Å²) in [6.45, 7) is 5.71. The summed E-state index contributed by atoms with van der Waals surface area (Å²) >= 11 is 0. The number of nitrogens with one attached hydrogen (secondary N) is 1. The highest BCUT2D eigenvalue weighted by Gasteiger charge is 2.21. The van der Waals surface area contributed by atoms with Crippen LogP contribution in [0.3, 0.4) is 0 Å². The third-order valence-corrected chi connectivity index (χ3v) is 2.84. The molecule has 118 valence electrons. The van der Waals surface area contributed by atoms with Crippen LogP contribution in [0.1, 0.15) is 32.9 Å². The molecule has 0 atom stereocenters. The van der Waals surface area contributed by atoms with Crippen molar-refractivity contribution in [2.75, 3.05) is 20.1 Å². The largest absolute Gasteiger partial charge is 0.384 e. The minimum Gasteiger partial charge on any atom is -0.384 e. The zero-order valence-corrected chi connectivity index (χ0v) is 13.0. The van der Waals surface area contributed by atoms with Crippen molar-refractivity contribution >= 4 is 11.8 Å². The third kappa shape index (κ3) is 5.50. The van der Waals surface area contributed by atoms with Gasteiger partial charge >= 0.3 is 0 Å². The quantitative estimate of drug-likeness (QED) is 0.706. The number of aromatic nitrogens is 3. The van der Waals surface area contributed by atoms with Gasteiger partial charge in [-0.1, -0.05) is 12.1 Å². The number of nitrogens with zero attached hydrogens (tertiary/aromatic N) is 4. The Morgan fingerprint density at radius 3 is 2.67 bits per heavy atom. The third-order valence-electron chi connectivity index (χ3n) is 2.84. The summed E-state index contributed by atoms with van der Waals surface area (Å²) in [5.74, 6) is -0.447. The summed E-state index contributed by atoms with van der Waals surface area (Å²) in [5, 5.41) is 20.1. The van der Waals surface area contributed by atoms with Crippen molar-refractivity contribution in [1.82, 2.24) is 25.2 Å². The van der Waals surface area contributed by atoms with Crippen LogP contribution < -0.4 is 5.32 Å². The second-order valence-electron chi connectivity index (χ2n) is 5.46. The fourth-order valence-corrected chi connectivity index (χ4v) is 1.54. The van der Waals surface area contributed by atoms with Crippen LogP contribution in [0, 0.1) is 0 Å². The van der Waals surface area contributed by atoms with Gasteiger partial charge in [-0.2, -0.15) is 0 Å². The zero-order chi connectivity index (χ0) is 16.0. The van der Waals surface area contributed by atoms with Gasteiger partial charge in [-0.25, -0.2) is 4.68 Å². The fraction of sp³-hybridized carbons (Fsp3) is 0.692.